The van der Waals surface area contributed by atoms with Gasteiger partial charge in [-0.15, -0.1) is 0 Å². The first kappa shape index (κ1) is 7.58. The van der Waals surface area contributed by atoms with Crippen molar-refractivity contribution in [1.82, 2.24) is 9.78 Å². The van der Waals surface area contributed by atoms with Crippen molar-refractivity contribution in [3.05, 3.63) is 12.3 Å². The molecule has 0 aromatic carbocycles. The van der Waals surface area contributed by atoms with Gasteiger partial charge < -0.3 is 4.90 Å². The van der Waals surface area contributed by atoms with Crippen molar-refractivity contribution in [3.8, 4) is 0 Å². The summed E-state index contributed by atoms with van der Waals surface area (Å²) in [4.78, 5) is 2.03. The van der Waals surface area contributed by atoms with Crippen LogP contribution in [0.5, 0.6) is 0 Å². The third kappa shape index (κ3) is 1.17. The first-order valence-corrected chi connectivity index (χ1v) is 4.14. The second-order valence-corrected chi connectivity index (χ2v) is 3.14. The van der Waals surface area contributed by atoms with E-state index >= 15 is 0 Å². The predicted molar refractivity (Wildman–Crippen MR) is 44.9 cm³/mol. The molecule has 0 N–H and O–H groups in total. The number of hydrogen-bond acceptors (Lipinski definition) is 2. The molecular formula is C8H12FN3. The summed E-state index contributed by atoms with van der Waals surface area (Å²) < 4.78 is 14.6. The van der Waals surface area contributed by atoms with Crippen LogP contribution in [0.15, 0.2) is 12.3 Å². The Balaban J connectivity index is 2.16. The van der Waals surface area contributed by atoms with Crippen molar-refractivity contribution in [2.75, 3.05) is 18.0 Å². The van der Waals surface area contributed by atoms with Crippen LogP contribution in [0, 0.1) is 0 Å². The van der Waals surface area contributed by atoms with Crippen LogP contribution in [0.25, 0.3) is 0 Å². The maximum absolute atomic E-state index is 12.8. The van der Waals surface area contributed by atoms with Gasteiger partial charge in [0.25, 0.3) is 0 Å². The van der Waals surface area contributed by atoms with Gasteiger partial charge in [-0.3, -0.25) is 4.68 Å². The molecule has 0 saturated carbocycles. The highest BCUT2D eigenvalue weighted by molar-refractivity contribution is 5.39. The van der Waals surface area contributed by atoms with Gasteiger partial charge in [-0.25, -0.2) is 4.39 Å². The fourth-order valence-electron chi connectivity index (χ4n) is 1.60. The van der Waals surface area contributed by atoms with Crippen molar-refractivity contribution < 1.29 is 4.39 Å². The van der Waals surface area contributed by atoms with Crippen molar-refractivity contribution in [2.24, 2.45) is 7.05 Å². The molecule has 1 unspecified atom stereocenters. The molecule has 4 heteroatoms. The maximum atomic E-state index is 12.8. The second kappa shape index (κ2) is 2.77. The van der Waals surface area contributed by atoms with Gasteiger partial charge in [-0.2, -0.15) is 5.10 Å². The molecule has 1 fully saturated rings. The fourth-order valence-corrected chi connectivity index (χ4v) is 1.60. The lowest BCUT2D eigenvalue weighted by Crippen LogP contribution is -2.22. The minimum absolute atomic E-state index is 0.513. The number of aryl methyl sites for hydroxylation is 1. The van der Waals surface area contributed by atoms with Crippen LogP contribution in [0.4, 0.5) is 10.2 Å². The number of rotatable bonds is 1. The van der Waals surface area contributed by atoms with Gasteiger partial charge in [0.1, 0.15) is 12.0 Å². The molecule has 1 aromatic rings. The van der Waals surface area contributed by atoms with E-state index in [1.54, 1.807) is 10.9 Å². The zero-order valence-corrected chi connectivity index (χ0v) is 7.07. The van der Waals surface area contributed by atoms with Crippen LogP contribution >= 0.6 is 0 Å². The van der Waals surface area contributed by atoms with E-state index in [4.69, 9.17) is 0 Å². The Morgan fingerprint density at radius 1 is 1.67 bits per heavy atom. The number of nitrogens with zero attached hydrogens (tertiary/aromatic N) is 3. The molecular weight excluding hydrogens is 157 g/mol. The molecule has 3 nitrogen and oxygen atoms in total. The molecule has 1 atom stereocenters. The number of alkyl halides is 1. The van der Waals surface area contributed by atoms with Crippen LogP contribution in [0.3, 0.4) is 0 Å². The largest absolute Gasteiger partial charge is 0.354 e. The molecule has 0 amide bonds. The van der Waals surface area contributed by atoms with Crippen molar-refractivity contribution in [3.63, 3.8) is 0 Å². The second-order valence-electron chi connectivity index (χ2n) is 3.14. The molecule has 0 aliphatic carbocycles. The van der Waals surface area contributed by atoms with Crippen molar-refractivity contribution in [1.29, 1.82) is 0 Å². The quantitative estimate of drug-likeness (QED) is 0.624. The van der Waals surface area contributed by atoms with Crippen LogP contribution in [0.1, 0.15) is 6.42 Å². The van der Waals surface area contributed by atoms with Gasteiger partial charge in [-0.05, 0) is 6.42 Å². The van der Waals surface area contributed by atoms with Gasteiger partial charge in [-0.1, -0.05) is 0 Å². The number of hydrogen-bond donors (Lipinski definition) is 0. The van der Waals surface area contributed by atoms with Crippen LogP contribution < -0.4 is 4.90 Å². The molecule has 12 heavy (non-hydrogen) atoms. The Labute approximate surface area is 70.8 Å². The van der Waals surface area contributed by atoms with Crippen molar-refractivity contribution in [2.45, 2.75) is 12.6 Å². The predicted octanol–water partition coefficient (Wildman–Crippen LogP) is 0.968. The minimum atomic E-state index is -0.667. The normalized spacial score (nSPS) is 23.5. The third-order valence-electron chi connectivity index (χ3n) is 2.25. The number of anilines is 1. The Morgan fingerprint density at radius 2 is 2.50 bits per heavy atom. The van der Waals surface area contributed by atoms with E-state index in [1.165, 1.54) is 0 Å². The van der Waals surface area contributed by atoms with Crippen molar-refractivity contribution >= 4 is 5.82 Å². The fraction of sp³-hybridized carbons (Fsp3) is 0.625. The molecule has 0 bridgehead atoms. The van der Waals surface area contributed by atoms with Gasteiger partial charge in [0.2, 0.25) is 0 Å². The van der Waals surface area contributed by atoms with Gasteiger partial charge in [0.15, 0.2) is 0 Å². The first-order valence-electron chi connectivity index (χ1n) is 4.14. The zero-order valence-electron chi connectivity index (χ0n) is 7.07. The van der Waals surface area contributed by atoms with E-state index in [0.717, 1.165) is 12.4 Å². The average molecular weight is 169 g/mol. The third-order valence-corrected chi connectivity index (χ3v) is 2.25. The minimum Gasteiger partial charge on any atom is -0.354 e. The highest BCUT2D eigenvalue weighted by Gasteiger charge is 2.23. The van der Waals surface area contributed by atoms with Crippen LogP contribution in [-0.2, 0) is 7.05 Å². The molecule has 0 spiro atoms. The standard InChI is InChI=1S/C8H12FN3/c1-11-8(2-4-10-11)12-5-3-7(9)6-12/h2,4,7H,3,5-6H2,1H3. The van der Waals surface area contributed by atoms with Gasteiger partial charge in [0, 0.05) is 19.7 Å². The summed E-state index contributed by atoms with van der Waals surface area (Å²) in [7, 11) is 1.88. The molecule has 1 aliphatic heterocycles. The number of aromatic nitrogens is 2. The molecule has 0 radical (unpaired) electrons. The van der Waals surface area contributed by atoms with Crippen LogP contribution in [0.2, 0.25) is 0 Å². The summed E-state index contributed by atoms with van der Waals surface area (Å²) in [6.45, 7) is 1.32. The maximum Gasteiger partial charge on any atom is 0.126 e. The van der Waals surface area contributed by atoms with E-state index in [2.05, 4.69) is 5.10 Å². The summed E-state index contributed by atoms with van der Waals surface area (Å²) >= 11 is 0. The molecule has 1 aliphatic rings. The highest BCUT2D eigenvalue weighted by Crippen LogP contribution is 2.20. The summed E-state index contributed by atoms with van der Waals surface area (Å²) in [5.41, 5.74) is 0. The lowest BCUT2D eigenvalue weighted by Gasteiger charge is -2.16. The Kier molecular flexibility index (Phi) is 1.75. The average Bonchev–Trinajstić information content (AvgIpc) is 2.58. The lowest BCUT2D eigenvalue weighted by atomic mass is 10.3. The van der Waals surface area contributed by atoms with E-state index in [9.17, 15) is 4.39 Å². The van der Waals surface area contributed by atoms with E-state index in [0.29, 0.717) is 13.0 Å². The van der Waals surface area contributed by atoms with Gasteiger partial charge >= 0.3 is 0 Å². The Hall–Kier alpha value is -1.06. The van der Waals surface area contributed by atoms with E-state index < -0.39 is 6.17 Å². The zero-order chi connectivity index (χ0) is 8.55. The molecule has 1 saturated heterocycles. The molecule has 66 valence electrons. The SMILES string of the molecule is Cn1nccc1N1CCC(F)C1. The molecule has 2 heterocycles. The summed E-state index contributed by atoms with van der Waals surface area (Å²) in [5.74, 6) is 1.01. The lowest BCUT2D eigenvalue weighted by molar-refractivity contribution is 0.364. The monoisotopic (exact) mass is 169 g/mol. The smallest absolute Gasteiger partial charge is 0.126 e. The summed E-state index contributed by atoms with van der Waals surface area (Å²) in [6, 6.07) is 1.91. The number of halogens is 1. The van der Waals surface area contributed by atoms with E-state index in [-0.39, 0.29) is 0 Å². The highest BCUT2D eigenvalue weighted by atomic mass is 19.1. The van der Waals surface area contributed by atoms with Crippen LogP contribution in [-0.4, -0.2) is 29.0 Å². The Bertz CT molecular complexity index is 271. The Morgan fingerprint density at radius 3 is 3.00 bits per heavy atom. The topological polar surface area (TPSA) is 21.1 Å². The first-order chi connectivity index (χ1) is 5.77. The molecule has 2 rings (SSSR count). The summed E-state index contributed by atoms with van der Waals surface area (Å²) in [6.07, 6.45) is 1.71. The van der Waals surface area contributed by atoms with E-state index in [1.807, 2.05) is 18.0 Å². The summed E-state index contributed by atoms with van der Waals surface area (Å²) in [5, 5.41) is 4.04. The van der Waals surface area contributed by atoms with Gasteiger partial charge in [0.05, 0.1) is 12.7 Å². The molecule has 1 aromatic heterocycles.